The number of methoxy groups -OCH3 is 1. The molecule has 0 radical (unpaired) electrons. The fourth-order valence-electron chi connectivity index (χ4n) is 4.77. The Bertz CT molecular complexity index is 964. The number of ether oxygens (including phenoxy) is 1. The zero-order valence-electron chi connectivity index (χ0n) is 19.3. The number of anilines is 1. The van der Waals surface area contributed by atoms with Gasteiger partial charge in [-0.15, -0.1) is 0 Å². The van der Waals surface area contributed by atoms with Crippen LogP contribution in [0.2, 0.25) is 13.3 Å². The minimum atomic E-state index is -2.48. The number of pyridine rings is 1. The molecule has 0 saturated heterocycles. The van der Waals surface area contributed by atoms with E-state index in [9.17, 15) is 0 Å². The molecule has 0 bridgehead atoms. The molecular formula is C26H38N2OSn. The Morgan fingerprint density at radius 2 is 1.43 bits per heavy atom. The van der Waals surface area contributed by atoms with E-state index in [2.05, 4.69) is 39.0 Å². The van der Waals surface area contributed by atoms with E-state index in [0.717, 1.165) is 33.2 Å². The molecule has 2 aromatic carbocycles. The number of hydrogen-bond acceptors (Lipinski definition) is 3. The van der Waals surface area contributed by atoms with Gasteiger partial charge < -0.3 is 0 Å². The maximum absolute atomic E-state index is 6.60. The van der Waals surface area contributed by atoms with Gasteiger partial charge in [-0.2, -0.15) is 0 Å². The van der Waals surface area contributed by atoms with E-state index in [1.54, 1.807) is 10.7 Å². The number of rotatable bonds is 11. The molecule has 30 heavy (non-hydrogen) atoms. The van der Waals surface area contributed by atoms with E-state index in [1.165, 1.54) is 51.8 Å². The van der Waals surface area contributed by atoms with E-state index >= 15 is 0 Å². The summed E-state index contributed by atoms with van der Waals surface area (Å²) in [6.07, 6.45) is 7.99. The average molecular weight is 513 g/mol. The van der Waals surface area contributed by atoms with E-state index in [1.807, 2.05) is 18.2 Å². The Kier molecular flexibility index (Phi) is 8.26. The summed E-state index contributed by atoms with van der Waals surface area (Å²) < 4.78 is 11.5. The van der Waals surface area contributed by atoms with Gasteiger partial charge in [-0.1, -0.05) is 0 Å². The van der Waals surface area contributed by atoms with Gasteiger partial charge in [-0.05, 0) is 0 Å². The van der Waals surface area contributed by atoms with Crippen LogP contribution < -0.4 is 14.0 Å². The number of benzene rings is 2. The minimum absolute atomic E-state index is 0.817. The van der Waals surface area contributed by atoms with Crippen molar-refractivity contribution in [2.75, 3.05) is 12.8 Å². The molecule has 3 aromatic rings. The van der Waals surface area contributed by atoms with Gasteiger partial charge in [0, 0.05) is 0 Å². The van der Waals surface area contributed by atoms with Crippen molar-refractivity contribution in [3.05, 3.63) is 36.4 Å². The quantitative estimate of drug-likeness (QED) is 0.221. The van der Waals surface area contributed by atoms with Crippen molar-refractivity contribution in [2.24, 2.45) is 0 Å². The van der Waals surface area contributed by atoms with E-state index in [4.69, 9.17) is 15.5 Å². The van der Waals surface area contributed by atoms with Crippen molar-refractivity contribution < 1.29 is 4.74 Å². The molecule has 3 nitrogen and oxygen atoms in total. The molecule has 1 aromatic heterocycles. The van der Waals surface area contributed by atoms with Crippen LogP contribution in [0.1, 0.15) is 59.3 Å². The number of nitrogens with zero attached hydrogens (tertiary/aromatic N) is 1. The van der Waals surface area contributed by atoms with Crippen molar-refractivity contribution in [1.29, 1.82) is 0 Å². The summed E-state index contributed by atoms with van der Waals surface area (Å²) in [7, 11) is 1.69. The van der Waals surface area contributed by atoms with Gasteiger partial charge in [0.25, 0.3) is 0 Å². The predicted octanol–water partition coefficient (Wildman–Crippen LogP) is 7.03. The van der Waals surface area contributed by atoms with E-state index in [-0.39, 0.29) is 0 Å². The molecular weight excluding hydrogens is 475 g/mol. The molecule has 0 amide bonds. The van der Waals surface area contributed by atoms with Crippen molar-refractivity contribution >= 4 is 49.4 Å². The molecule has 2 N–H and O–H groups in total. The van der Waals surface area contributed by atoms with Crippen LogP contribution in [0.15, 0.2) is 36.4 Å². The fourth-order valence-corrected chi connectivity index (χ4v) is 20.7. The van der Waals surface area contributed by atoms with Gasteiger partial charge >= 0.3 is 187 Å². The van der Waals surface area contributed by atoms with Crippen LogP contribution in [0.4, 0.5) is 5.69 Å². The average Bonchev–Trinajstić information content (AvgIpc) is 2.78. The molecule has 0 unspecified atom stereocenters. The zero-order chi connectivity index (χ0) is 21.6. The molecule has 162 valence electrons. The molecule has 0 aliphatic carbocycles. The number of unbranched alkanes of at least 4 members (excludes halogenated alkanes) is 3. The topological polar surface area (TPSA) is 48.1 Å². The maximum atomic E-state index is 6.60. The normalized spacial score (nSPS) is 12.0. The Hall–Kier alpha value is -1.49. The van der Waals surface area contributed by atoms with Crippen molar-refractivity contribution in [3.63, 3.8) is 0 Å². The van der Waals surface area contributed by atoms with Crippen LogP contribution in [0.25, 0.3) is 21.8 Å². The first-order chi connectivity index (χ1) is 14.6. The number of fused-ring (bicyclic) bond motifs is 2. The van der Waals surface area contributed by atoms with Crippen LogP contribution in [0.3, 0.4) is 0 Å². The van der Waals surface area contributed by atoms with E-state index < -0.39 is 18.4 Å². The van der Waals surface area contributed by atoms with Crippen molar-refractivity contribution in [2.45, 2.75) is 72.6 Å². The van der Waals surface area contributed by atoms with Crippen molar-refractivity contribution in [1.82, 2.24) is 4.98 Å². The first-order valence-corrected chi connectivity index (χ1v) is 19.2. The number of nitrogens with two attached hydrogens (primary N) is 1. The van der Waals surface area contributed by atoms with Gasteiger partial charge in [0.15, 0.2) is 0 Å². The Morgan fingerprint density at radius 3 is 2.00 bits per heavy atom. The van der Waals surface area contributed by atoms with Gasteiger partial charge in [0.05, 0.1) is 0 Å². The Labute approximate surface area is 186 Å². The third kappa shape index (κ3) is 4.87. The summed E-state index contributed by atoms with van der Waals surface area (Å²) >= 11 is -2.48. The summed E-state index contributed by atoms with van der Waals surface area (Å²) in [6, 6.07) is 13.1. The molecule has 0 aliphatic rings. The second kappa shape index (κ2) is 10.7. The van der Waals surface area contributed by atoms with E-state index in [0.29, 0.717) is 0 Å². The monoisotopic (exact) mass is 514 g/mol. The summed E-state index contributed by atoms with van der Waals surface area (Å²) in [5, 5.41) is 2.05. The second-order valence-electron chi connectivity index (χ2n) is 8.73. The number of hydrogen-bond donors (Lipinski definition) is 1. The first-order valence-electron chi connectivity index (χ1n) is 11.8. The standard InChI is InChI=1S/C14H11N2O.3C4H9.Sn/c1-17-9-6-7-13-11(8-9)14(15)10-4-2-3-5-12(10)16-13;3*1-3-4-2;/h2,4-8H,1H3,(H2,15,16);3*1,3-4H2,2H3;. The van der Waals surface area contributed by atoms with Crippen molar-refractivity contribution in [3.8, 4) is 5.75 Å². The van der Waals surface area contributed by atoms with Gasteiger partial charge in [0.2, 0.25) is 0 Å². The van der Waals surface area contributed by atoms with Crippen LogP contribution in [-0.2, 0) is 0 Å². The van der Waals surface area contributed by atoms with Crippen LogP contribution >= 0.6 is 0 Å². The fraction of sp³-hybridized carbons (Fsp3) is 0.500. The van der Waals surface area contributed by atoms with Crippen LogP contribution in [0.5, 0.6) is 5.75 Å². The van der Waals surface area contributed by atoms with Gasteiger partial charge in [0.1, 0.15) is 0 Å². The van der Waals surface area contributed by atoms with Gasteiger partial charge in [-0.3, -0.25) is 0 Å². The summed E-state index contributed by atoms with van der Waals surface area (Å²) in [6.45, 7) is 7.00. The zero-order valence-corrected chi connectivity index (χ0v) is 22.1. The molecule has 0 spiro atoms. The summed E-state index contributed by atoms with van der Waals surface area (Å²) in [4.78, 5) is 5.03. The molecule has 3 rings (SSSR count). The molecule has 1 heterocycles. The molecule has 0 atom stereocenters. The summed E-state index contributed by atoms with van der Waals surface area (Å²) in [5.41, 5.74) is 9.43. The van der Waals surface area contributed by atoms with Crippen LogP contribution in [0, 0.1) is 0 Å². The van der Waals surface area contributed by atoms with Gasteiger partial charge in [-0.25, -0.2) is 0 Å². The molecule has 0 saturated carbocycles. The third-order valence-electron chi connectivity index (χ3n) is 6.66. The predicted molar refractivity (Wildman–Crippen MR) is 135 cm³/mol. The van der Waals surface area contributed by atoms with Crippen LogP contribution in [-0.4, -0.2) is 30.5 Å². The number of nitrogen functional groups attached to an aromatic ring is 1. The number of aromatic nitrogens is 1. The molecule has 4 heteroatoms. The molecule has 0 aliphatic heterocycles. The molecule has 0 fully saturated rings. The SMILES string of the molecule is CCC[CH2][Sn]([CH2]CCC)([CH2]CCC)[c]1ccc2c(N)c3cc(OC)ccc3nc2c1. The Balaban J connectivity index is 2.14. The third-order valence-corrected chi connectivity index (χ3v) is 22.3. The first kappa shape index (κ1) is 23.2. The second-order valence-corrected chi connectivity index (χ2v) is 22.0. The Morgan fingerprint density at radius 1 is 0.800 bits per heavy atom. The summed E-state index contributed by atoms with van der Waals surface area (Å²) in [5.74, 6) is 0.820.